The Morgan fingerprint density at radius 2 is 2.17 bits per heavy atom. The van der Waals surface area contributed by atoms with Gasteiger partial charge in [0.25, 0.3) is 5.91 Å². The molecule has 0 bridgehead atoms. The summed E-state index contributed by atoms with van der Waals surface area (Å²) in [5, 5.41) is 11.9. The summed E-state index contributed by atoms with van der Waals surface area (Å²) in [6, 6.07) is 7.42. The van der Waals surface area contributed by atoms with E-state index in [9.17, 15) is 14.9 Å². The summed E-state index contributed by atoms with van der Waals surface area (Å²) in [7, 11) is 0. The number of hydrogen-bond donors (Lipinski definition) is 1. The Hall–Kier alpha value is -2.35. The molecule has 122 valence electrons. The standard InChI is InChI=1S/C18H22N2O3/c1-12(2)18(3,11-19)20-17(22)10-23-14-7-8-15-13(9-14)5-4-6-16(15)21/h7-9,12H,4-6,10H2,1-3H3,(H,20,22)/t18-/m1/s1. The number of Topliss-reactive ketones (excluding diaryl/α,β-unsaturated/α-hetero) is 1. The number of nitrogens with one attached hydrogen (secondary N) is 1. The molecule has 0 aromatic heterocycles. The van der Waals surface area contributed by atoms with Gasteiger partial charge in [0.15, 0.2) is 12.4 Å². The highest BCUT2D eigenvalue weighted by Gasteiger charge is 2.30. The molecule has 5 heteroatoms. The average Bonchev–Trinajstić information content (AvgIpc) is 2.52. The van der Waals surface area contributed by atoms with E-state index >= 15 is 0 Å². The first kappa shape index (κ1) is 17.0. The lowest BCUT2D eigenvalue weighted by Gasteiger charge is -2.27. The molecule has 1 N–H and O–H groups in total. The monoisotopic (exact) mass is 314 g/mol. The van der Waals surface area contributed by atoms with Crippen LogP contribution >= 0.6 is 0 Å². The molecule has 23 heavy (non-hydrogen) atoms. The van der Waals surface area contributed by atoms with Crippen LogP contribution < -0.4 is 10.1 Å². The number of carbonyl (C=O) groups is 2. The molecule has 1 atom stereocenters. The predicted molar refractivity (Wildman–Crippen MR) is 86.2 cm³/mol. The number of benzene rings is 1. The van der Waals surface area contributed by atoms with Crippen LogP contribution in [0.15, 0.2) is 18.2 Å². The summed E-state index contributed by atoms with van der Waals surface area (Å²) in [6.07, 6.45) is 2.30. The molecule has 2 rings (SSSR count). The number of hydrogen-bond acceptors (Lipinski definition) is 4. The topological polar surface area (TPSA) is 79.2 Å². The van der Waals surface area contributed by atoms with Crippen LogP contribution in [-0.4, -0.2) is 23.8 Å². The Morgan fingerprint density at radius 3 is 2.83 bits per heavy atom. The molecular weight excluding hydrogens is 292 g/mol. The molecule has 1 aromatic carbocycles. The number of nitrogens with zero attached hydrogens (tertiary/aromatic N) is 1. The van der Waals surface area contributed by atoms with E-state index in [0.29, 0.717) is 12.2 Å². The summed E-state index contributed by atoms with van der Waals surface area (Å²) < 4.78 is 5.51. The molecule has 0 unspecified atom stereocenters. The molecule has 0 aliphatic heterocycles. The van der Waals surface area contributed by atoms with E-state index in [2.05, 4.69) is 11.4 Å². The second kappa shape index (κ2) is 6.82. The van der Waals surface area contributed by atoms with Crippen molar-refractivity contribution >= 4 is 11.7 Å². The molecule has 1 aromatic rings. The molecule has 1 aliphatic rings. The van der Waals surface area contributed by atoms with Crippen molar-refractivity contribution in [3.8, 4) is 11.8 Å². The molecular formula is C18H22N2O3. The van der Waals surface area contributed by atoms with E-state index in [4.69, 9.17) is 4.74 Å². The van der Waals surface area contributed by atoms with Crippen LogP contribution in [0.4, 0.5) is 0 Å². The number of ketones is 1. The third-order valence-electron chi connectivity index (χ3n) is 4.38. The van der Waals surface area contributed by atoms with Crippen molar-refractivity contribution in [3.63, 3.8) is 0 Å². The number of carbonyl (C=O) groups excluding carboxylic acids is 2. The number of nitriles is 1. The molecule has 0 spiro atoms. The van der Waals surface area contributed by atoms with Crippen LogP contribution in [-0.2, 0) is 11.2 Å². The van der Waals surface area contributed by atoms with Gasteiger partial charge in [0, 0.05) is 12.0 Å². The number of amides is 1. The lowest BCUT2D eigenvalue weighted by molar-refractivity contribution is -0.124. The highest BCUT2D eigenvalue weighted by Crippen LogP contribution is 2.25. The lowest BCUT2D eigenvalue weighted by Crippen LogP contribution is -2.50. The van der Waals surface area contributed by atoms with Gasteiger partial charge < -0.3 is 10.1 Å². The summed E-state index contributed by atoms with van der Waals surface area (Å²) in [5.41, 5.74) is 0.816. The van der Waals surface area contributed by atoms with Gasteiger partial charge in [-0.15, -0.1) is 0 Å². The first-order chi connectivity index (χ1) is 10.9. The van der Waals surface area contributed by atoms with Gasteiger partial charge in [0.2, 0.25) is 0 Å². The fourth-order valence-corrected chi connectivity index (χ4v) is 2.49. The molecule has 0 heterocycles. The Bertz CT molecular complexity index is 661. The van der Waals surface area contributed by atoms with E-state index in [0.717, 1.165) is 24.0 Å². The van der Waals surface area contributed by atoms with Crippen molar-refractivity contribution in [1.29, 1.82) is 5.26 Å². The van der Waals surface area contributed by atoms with E-state index < -0.39 is 5.54 Å². The minimum Gasteiger partial charge on any atom is -0.484 e. The van der Waals surface area contributed by atoms with Gasteiger partial charge in [-0.25, -0.2) is 0 Å². The van der Waals surface area contributed by atoms with Gasteiger partial charge in [0.05, 0.1) is 6.07 Å². The Balaban J connectivity index is 1.98. The third-order valence-corrected chi connectivity index (χ3v) is 4.38. The van der Waals surface area contributed by atoms with Crippen LogP contribution in [0.5, 0.6) is 5.75 Å². The van der Waals surface area contributed by atoms with E-state index in [1.807, 2.05) is 19.9 Å². The number of aryl methyl sites for hydroxylation is 1. The van der Waals surface area contributed by atoms with E-state index in [1.165, 1.54) is 0 Å². The maximum atomic E-state index is 12.0. The number of ether oxygens (including phenoxy) is 1. The second-order valence-electron chi connectivity index (χ2n) is 6.40. The van der Waals surface area contributed by atoms with Gasteiger partial charge in [-0.2, -0.15) is 5.26 Å². The maximum Gasteiger partial charge on any atom is 0.259 e. The van der Waals surface area contributed by atoms with Crippen molar-refractivity contribution in [2.24, 2.45) is 5.92 Å². The van der Waals surface area contributed by atoms with Crippen LogP contribution in [0, 0.1) is 17.2 Å². The largest absolute Gasteiger partial charge is 0.484 e. The molecule has 1 aliphatic carbocycles. The minimum atomic E-state index is -0.914. The van der Waals surface area contributed by atoms with Crippen LogP contribution in [0.1, 0.15) is 49.5 Å². The maximum absolute atomic E-state index is 12.0. The quantitative estimate of drug-likeness (QED) is 0.906. The van der Waals surface area contributed by atoms with Gasteiger partial charge in [0.1, 0.15) is 11.3 Å². The zero-order chi connectivity index (χ0) is 17.0. The van der Waals surface area contributed by atoms with Crippen LogP contribution in [0.2, 0.25) is 0 Å². The SMILES string of the molecule is CC(C)[C@@](C)(C#N)NC(=O)COc1ccc2c(c1)CCCC2=O. The summed E-state index contributed by atoms with van der Waals surface area (Å²) in [6.45, 7) is 5.30. The average molecular weight is 314 g/mol. The van der Waals surface area contributed by atoms with Crippen molar-refractivity contribution in [2.45, 2.75) is 45.6 Å². The minimum absolute atomic E-state index is 0.00814. The highest BCUT2D eigenvalue weighted by molar-refractivity contribution is 5.98. The molecule has 0 radical (unpaired) electrons. The molecule has 1 amide bonds. The predicted octanol–water partition coefficient (Wildman–Crippen LogP) is 2.64. The van der Waals surface area contributed by atoms with Crippen molar-refractivity contribution in [2.75, 3.05) is 6.61 Å². The summed E-state index contributed by atoms with van der Waals surface area (Å²) >= 11 is 0. The first-order valence-electron chi connectivity index (χ1n) is 7.87. The number of rotatable bonds is 5. The molecule has 5 nitrogen and oxygen atoms in total. The Labute approximate surface area is 136 Å². The van der Waals surface area contributed by atoms with Gasteiger partial charge in [-0.3, -0.25) is 9.59 Å². The molecule has 0 saturated heterocycles. The van der Waals surface area contributed by atoms with E-state index in [1.54, 1.807) is 19.1 Å². The van der Waals surface area contributed by atoms with Gasteiger partial charge in [-0.1, -0.05) is 13.8 Å². The summed E-state index contributed by atoms with van der Waals surface area (Å²) in [5.74, 6) is 0.386. The first-order valence-corrected chi connectivity index (χ1v) is 7.87. The smallest absolute Gasteiger partial charge is 0.259 e. The zero-order valence-corrected chi connectivity index (χ0v) is 13.8. The molecule has 0 saturated carbocycles. The van der Waals surface area contributed by atoms with Crippen molar-refractivity contribution < 1.29 is 14.3 Å². The fourth-order valence-electron chi connectivity index (χ4n) is 2.49. The van der Waals surface area contributed by atoms with Gasteiger partial charge in [-0.05, 0) is 49.4 Å². The van der Waals surface area contributed by atoms with E-state index in [-0.39, 0.29) is 24.2 Å². The zero-order valence-electron chi connectivity index (χ0n) is 13.8. The second-order valence-corrected chi connectivity index (χ2v) is 6.40. The number of fused-ring (bicyclic) bond motifs is 1. The normalized spacial score (nSPS) is 16.2. The van der Waals surface area contributed by atoms with Crippen molar-refractivity contribution in [1.82, 2.24) is 5.32 Å². The lowest BCUT2D eigenvalue weighted by atomic mass is 9.90. The van der Waals surface area contributed by atoms with Gasteiger partial charge >= 0.3 is 0 Å². The third kappa shape index (κ3) is 3.89. The summed E-state index contributed by atoms with van der Waals surface area (Å²) in [4.78, 5) is 23.8. The van der Waals surface area contributed by atoms with Crippen LogP contribution in [0.3, 0.4) is 0 Å². The Morgan fingerprint density at radius 1 is 1.43 bits per heavy atom. The fraction of sp³-hybridized carbons (Fsp3) is 0.500. The van der Waals surface area contributed by atoms with Crippen LogP contribution in [0.25, 0.3) is 0 Å². The van der Waals surface area contributed by atoms with Crippen molar-refractivity contribution in [3.05, 3.63) is 29.3 Å². The Kier molecular flexibility index (Phi) is 5.05. The molecule has 0 fully saturated rings. The highest BCUT2D eigenvalue weighted by atomic mass is 16.5.